The third-order valence-electron chi connectivity index (χ3n) is 3.23. The zero-order valence-electron chi connectivity index (χ0n) is 13.2. The maximum atomic E-state index is 11.7. The molecule has 0 unspecified atom stereocenters. The number of ether oxygens (including phenoxy) is 2. The molecule has 1 rings (SSSR count). The van der Waals surface area contributed by atoms with Crippen LogP contribution >= 0.6 is 0 Å². The van der Waals surface area contributed by atoms with Crippen molar-refractivity contribution in [2.45, 2.75) is 33.1 Å². The fourth-order valence-corrected chi connectivity index (χ4v) is 1.93. The van der Waals surface area contributed by atoms with Gasteiger partial charge in [0.05, 0.1) is 12.7 Å². The van der Waals surface area contributed by atoms with E-state index in [1.165, 1.54) is 7.11 Å². The molecule has 0 heterocycles. The number of aryl methyl sites for hydroxylation is 1. The molecule has 0 aliphatic heterocycles. The van der Waals surface area contributed by atoms with Crippen molar-refractivity contribution in [3.8, 4) is 0 Å². The lowest BCUT2D eigenvalue weighted by atomic mass is 10.1. The molecule has 5 heteroatoms. The molecule has 0 aliphatic carbocycles. The Morgan fingerprint density at radius 3 is 2.67 bits per heavy atom. The van der Waals surface area contributed by atoms with Crippen LogP contribution in [0.4, 0.5) is 11.4 Å². The summed E-state index contributed by atoms with van der Waals surface area (Å²) in [6.45, 7) is 6.37. The molecule has 5 nitrogen and oxygen atoms in total. The third kappa shape index (κ3) is 5.63. The van der Waals surface area contributed by atoms with E-state index in [2.05, 4.69) is 12.2 Å². The second kappa shape index (κ2) is 9.23. The van der Waals surface area contributed by atoms with Gasteiger partial charge in [0.1, 0.15) is 0 Å². The van der Waals surface area contributed by atoms with Gasteiger partial charge in [0.2, 0.25) is 0 Å². The minimum Gasteiger partial charge on any atom is -0.465 e. The number of nitrogens with two attached hydrogens (primary N) is 1. The SMILES string of the molecule is CCCCOCCCNc1cc(C)c(N)c(C(=O)OC)c1. The highest BCUT2D eigenvalue weighted by atomic mass is 16.5. The number of anilines is 2. The van der Waals surface area contributed by atoms with Crippen LogP contribution in [0.25, 0.3) is 0 Å². The summed E-state index contributed by atoms with van der Waals surface area (Å²) in [5.41, 5.74) is 8.50. The number of carbonyl (C=O) groups is 1. The third-order valence-corrected chi connectivity index (χ3v) is 3.23. The molecule has 21 heavy (non-hydrogen) atoms. The van der Waals surface area contributed by atoms with Gasteiger partial charge < -0.3 is 20.5 Å². The lowest BCUT2D eigenvalue weighted by Gasteiger charge is -2.12. The second-order valence-electron chi connectivity index (χ2n) is 4.99. The first-order valence-electron chi connectivity index (χ1n) is 7.40. The molecule has 1 aromatic rings. The van der Waals surface area contributed by atoms with Crippen molar-refractivity contribution >= 4 is 17.3 Å². The standard InChI is InChI=1S/C16H26N2O3/c1-4-5-8-21-9-6-7-18-13-10-12(2)15(17)14(11-13)16(19)20-3/h10-11,18H,4-9,17H2,1-3H3. The smallest absolute Gasteiger partial charge is 0.340 e. The molecule has 118 valence electrons. The molecule has 0 amide bonds. The Hall–Kier alpha value is -1.75. The fraction of sp³-hybridized carbons (Fsp3) is 0.562. The van der Waals surface area contributed by atoms with E-state index in [9.17, 15) is 4.79 Å². The summed E-state index contributed by atoms with van der Waals surface area (Å²) >= 11 is 0. The van der Waals surface area contributed by atoms with Crippen molar-refractivity contribution in [3.05, 3.63) is 23.3 Å². The Morgan fingerprint density at radius 2 is 2.00 bits per heavy atom. The van der Waals surface area contributed by atoms with Gasteiger partial charge in [-0.05, 0) is 37.5 Å². The molecule has 0 fully saturated rings. The molecule has 3 N–H and O–H groups in total. The van der Waals surface area contributed by atoms with Crippen LogP contribution in [0.3, 0.4) is 0 Å². The minimum absolute atomic E-state index is 0.402. The van der Waals surface area contributed by atoms with Gasteiger partial charge in [-0.2, -0.15) is 0 Å². The maximum absolute atomic E-state index is 11.7. The van der Waals surface area contributed by atoms with Crippen molar-refractivity contribution in [1.82, 2.24) is 0 Å². The summed E-state index contributed by atoms with van der Waals surface area (Å²) in [7, 11) is 1.35. The van der Waals surface area contributed by atoms with Crippen LogP contribution in [0.2, 0.25) is 0 Å². The molecule has 0 spiro atoms. The van der Waals surface area contributed by atoms with Crippen LogP contribution < -0.4 is 11.1 Å². The van der Waals surface area contributed by atoms with Crippen LogP contribution in [0.15, 0.2) is 12.1 Å². The number of nitrogen functional groups attached to an aromatic ring is 1. The van der Waals surface area contributed by atoms with Crippen LogP contribution in [-0.2, 0) is 9.47 Å². The largest absolute Gasteiger partial charge is 0.465 e. The van der Waals surface area contributed by atoms with E-state index in [-0.39, 0.29) is 0 Å². The van der Waals surface area contributed by atoms with Crippen molar-refractivity contribution < 1.29 is 14.3 Å². The zero-order chi connectivity index (χ0) is 15.7. The predicted octanol–water partition coefficient (Wildman–Crippen LogP) is 2.98. The summed E-state index contributed by atoms with van der Waals surface area (Å²) in [5.74, 6) is -0.415. The van der Waals surface area contributed by atoms with Gasteiger partial charge in [-0.1, -0.05) is 13.3 Å². The highest BCUT2D eigenvalue weighted by molar-refractivity contribution is 5.97. The first-order chi connectivity index (χ1) is 10.1. The summed E-state index contributed by atoms with van der Waals surface area (Å²) in [6.07, 6.45) is 3.17. The monoisotopic (exact) mass is 294 g/mol. The fourth-order valence-electron chi connectivity index (χ4n) is 1.93. The number of hydrogen-bond acceptors (Lipinski definition) is 5. The first kappa shape index (κ1) is 17.3. The number of unbranched alkanes of at least 4 members (excludes halogenated alkanes) is 1. The number of benzene rings is 1. The van der Waals surface area contributed by atoms with E-state index in [0.717, 1.165) is 50.3 Å². The number of rotatable bonds is 9. The number of hydrogen-bond donors (Lipinski definition) is 2. The summed E-state index contributed by atoms with van der Waals surface area (Å²) in [5, 5.41) is 3.28. The van der Waals surface area contributed by atoms with Crippen molar-refractivity contribution in [2.24, 2.45) is 0 Å². The molecule has 0 radical (unpaired) electrons. The molecular weight excluding hydrogens is 268 g/mol. The quantitative estimate of drug-likeness (QED) is 0.416. The molecule has 0 saturated heterocycles. The van der Waals surface area contributed by atoms with Gasteiger partial charge in [0.25, 0.3) is 0 Å². The molecule has 0 saturated carbocycles. The van der Waals surface area contributed by atoms with Gasteiger partial charge in [0, 0.05) is 31.1 Å². The normalized spacial score (nSPS) is 10.4. The van der Waals surface area contributed by atoms with Gasteiger partial charge in [0.15, 0.2) is 0 Å². The van der Waals surface area contributed by atoms with E-state index in [0.29, 0.717) is 11.3 Å². The van der Waals surface area contributed by atoms with Crippen molar-refractivity contribution in [1.29, 1.82) is 0 Å². The lowest BCUT2D eigenvalue weighted by Crippen LogP contribution is -2.10. The Bertz CT molecular complexity index is 461. The number of esters is 1. The summed E-state index contributed by atoms with van der Waals surface area (Å²) in [4.78, 5) is 11.7. The first-order valence-corrected chi connectivity index (χ1v) is 7.40. The van der Waals surface area contributed by atoms with Crippen molar-refractivity contribution in [3.63, 3.8) is 0 Å². The Morgan fingerprint density at radius 1 is 1.29 bits per heavy atom. The summed E-state index contributed by atoms with van der Waals surface area (Å²) < 4.78 is 10.2. The van der Waals surface area contributed by atoms with Gasteiger partial charge in [-0.3, -0.25) is 0 Å². The maximum Gasteiger partial charge on any atom is 0.340 e. The number of methoxy groups -OCH3 is 1. The second-order valence-corrected chi connectivity index (χ2v) is 4.99. The Kier molecular flexibility index (Phi) is 7.61. The molecule has 1 aromatic carbocycles. The number of carbonyl (C=O) groups excluding carboxylic acids is 1. The Balaban J connectivity index is 2.48. The van der Waals surface area contributed by atoms with Gasteiger partial charge in [-0.15, -0.1) is 0 Å². The molecule has 0 aliphatic rings. The van der Waals surface area contributed by atoms with Crippen molar-refractivity contribution in [2.75, 3.05) is 37.9 Å². The average Bonchev–Trinajstić information content (AvgIpc) is 2.48. The van der Waals surface area contributed by atoms with E-state index >= 15 is 0 Å². The number of nitrogens with one attached hydrogen (secondary N) is 1. The molecular formula is C16H26N2O3. The average molecular weight is 294 g/mol. The van der Waals surface area contributed by atoms with E-state index < -0.39 is 5.97 Å². The minimum atomic E-state index is -0.415. The van der Waals surface area contributed by atoms with E-state index in [1.54, 1.807) is 6.07 Å². The highest BCUT2D eigenvalue weighted by Crippen LogP contribution is 2.23. The van der Waals surface area contributed by atoms with E-state index in [4.69, 9.17) is 15.2 Å². The topological polar surface area (TPSA) is 73.6 Å². The Labute approximate surface area is 126 Å². The zero-order valence-corrected chi connectivity index (χ0v) is 13.2. The van der Waals surface area contributed by atoms with Gasteiger partial charge >= 0.3 is 5.97 Å². The van der Waals surface area contributed by atoms with Crippen LogP contribution in [0.5, 0.6) is 0 Å². The summed E-state index contributed by atoms with van der Waals surface area (Å²) in [6, 6.07) is 3.66. The van der Waals surface area contributed by atoms with E-state index in [1.807, 2.05) is 13.0 Å². The van der Waals surface area contributed by atoms with Crippen LogP contribution in [0.1, 0.15) is 42.1 Å². The van der Waals surface area contributed by atoms with Gasteiger partial charge in [-0.25, -0.2) is 4.79 Å². The molecule has 0 aromatic heterocycles. The molecule has 0 atom stereocenters. The lowest BCUT2D eigenvalue weighted by molar-refractivity contribution is 0.0602. The van der Waals surface area contributed by atoms with Crippen LogP contribution in [-0.4, -0.2) is 32.8 Å². The molecule has 0 bridgehead atoms. The van der Waals surface area contributed by atoms with Crippen LogP contribution in [0, 0.1) is 6.92 Å². The highest BCUT2D eigenvalue weighted by Gasteiger charge is 2.13. The predicted molar refractivity (Wildman–Crippen MR) is 85.8 cm³/mol.